The quantitative estimate of drug-likeness (QED) is 0.418. The Hall–Kier alpha value is -1.42. The van der Waals surface area contributed by atoms with E-state index in [1.807, 2.05) is 26.0 Å². The second-order valence-corrected chi connectivity index (χ2v) is 3.42. The van der Waals surface area contributed by atoms with E-state index in [0.717, 1.165) is 11.3 Å². The molecule has 14 heavy (non-hydrogen) atoms. The standard InChI is InChI=1S/C10H15N3O/c1-7(10(14)13-11)5-9-4-3-8(2)12-6-9/h3-4,6-7H,5,11H2,1-2H3,(H,13,14). The summed E-state index contributed by atoms with van der Waals surface area (Å²) < 4.78 is 0. The summed E-state index contributed by atoms with van der Waals surface area (Å²) in [5.74, 6) is 4.77. The molecular weight excluding hydrogens is 178 g/mol. The third-order valence-electron chi connectivity index (χ3n) is 2.10. The lowest BCUT2D eigenvalue weighted by molar-refractivity contribution is -0.124. The van der Waals surface area contributed by atoms with Crippen molar-refractivity contribution in [1.82, 2.24) is 10.4 Å². The van der Waals surface area contributed by atoms with Gasteiger partial charge in [0, 0.05) is 17.8 Å². The topological polar surface area (TPSA) is 68.0 Å². The summed E-state index contributed by atoms with van der Waals surface area (Å²) in [6.45, 7) is 3.77. The van der Waals surface area contributed by atoms with Gasteiger partial charge in [-0.15, -0.1) is 0 Å². The molecule has 4 nitrogen and oxygen atoms in total. The van der Waals surface area contributed by atoms with Crippen LogP contribution in [-0.4, -0.2) is 10.9 Å². The Morgan fingerprint density at radius 2 is 2.36 bits per heavy atom. The molecule has 0 aliphatic carbocycles. The molecule has 0 aromatic carbocycles. The van der Waals surface area contributed by atoms with Crippen LogP contribution >= 0.6 is 0 Å². The summed E-state index contributed by atoms with van der Waals surface area (Å²) in [6.07, 6.45) is 2.45. The normalized spacial score (nSPS) is 12.2. The monoisotopic (exact) mass is 193 g/mol. The molecule has 0 bridgehead atoms. The molecule has 0 aliphatic rings. The van der Waals surface area contributed by atoms with E-state index in [1.165, 1.54) is 0 Å². The second-order valence-electron chi connectivity index (χ2n) is 3.42. The predicted octanol–water partition coefficient (Wildman–Crippen LogP) is 0.559. The SMILES string of the molecule is Cc1ccc(CC(C)C(=O)NN)cn1. The Morgan fingerprint density at radius 3 is 2.86 bits per heavy atom. The van der Waals surface area contributed by atoms with Gasteiger partial charge in [-0.2, -0.15) is 0 Å². The molecule has 1 heterocycles. The molecule has 1 aromatic heterocycles. The fourth-order valence-corrected chi connectivity index (χ4v) is 1.21. The summed E-state index contributed by atoms with van der Waals surface area (Å²) in [5, 5.41) is 0. The highest BCUT2D eigenvalue weighted by molar-refractivity contribution is 5.77. The van der Waals surface area contributed by atoms with Gasteiger partial charge in [-0.25, -0.2) is 5.84 Å². The van der Waals surface area contributed by atoms with Gasteiger partial charge in [0.25, 0.3) is 0 Å². The minimum atomic E-state index is -0.148. The lowest BCUT2D eigenvalue weighted by atomic mass is 10.0. The summed E-state index contributed by atoms with van der Waals surface area (Å²) in [6, 6.07) is 3.91. The van der Waals surface area contributed by atoms with Gasteiger partial charge in [0.2, 0.25) is 5.91 Å². The van der Waals surface area contributed by atoms with Crippen molar-refractivity contribution >= 4 is 5.91 Å². The van der Waals surface area contributed by atoms with Crippen molar-refractivity contribution in [2.24, 2.45) is 11.8 Å². The Morgan fingerprint density at radius 1 is 1.64 bits per heavy atom. The largest absolute Gasteiger partial charge is 0.294 e. The lowest BCUT2D eigenvalue weighted by Crippen LogP contribution is -2.35. The van der Waals surface area contributed by atoms with Gasteiger partial charge in [0.15, 0.2) is 0 Å². The molecule has 4 heteroatoms. The number of hydrogen-bond acceptors (Lipinski definition) is 3. The number of amides is 1. The summed E-state index contributed by atoms with van der Waals surface area (Å²) in [7, 11) is 0. The maximum Gasteiger partial charge on any atom is 0.237 e. The van der Waals surface area contributed by atoms with Crippen LogP contribution in [0.5, 0.6) is 0 Å². The Kier molecular flexibility index (Phi) is 3.59. The molecule has 1 unspecified atom stereocenters. The zero-order valence-electron chi connectivity index (χ0n) is 8.45. The summed E-state index contributed by atoms with van der Waals surface area (Å²) in [4.78, 5) is 15.3. The zero-order valence-corrected chi connectivity index (χ0v) is 8.45. The van der Waals surface area contributed by atoms with Gasteiger partial charge in [-0.3, -0.25) is 15.2 Å². The number of nitrogens with two attached hydrogens (primary N) is 1. The van der Waals surface area contributed by atoms with Crippen LogP contribution in [0.25, 0.3) is 0 Å². The van der Waals surface area contributed by atoms with Gasteiger partial charge >= 0.3 is 0 Å². The first kappa shape index (κ1) is 10.7. The number of aryl methyl sites for hydroxylation is 1. The Balaban J connectivity index is 2.60. The Bertz CT molecular complexity index is 308. The average Bonchev–Trinajstić information content (AvgIpc) is 2.20. The van der Waals surface area contributed by atoms with Gasteiger partial charge < -0.3 is 0 Å². The van der Waals surface area contributed by atoms with E-state index in [2.05, 4.69) is 10.4 Å². The van der Waals surface area contributed by atoms with Crippen LogP contribution in [0.1, 0.15) is 18.2 Å². The van der Waals surface area contributed by atoms with Crippen LogP contribution in [0.3, 0.4) is 0 Å². The van der Waals surface area contributed by atoms with Crippen molar-refractivity contribution in [3.8, 4) is 0 Å². The number of nitrogens with one attached hydrogen (secondary N) is 1. The average molecular weight is 193 g/mol. The zero-order chi connectivity index (χ0) is 10.6. The molecule has 1 aromatic rings. The predicted molar refractivity (Wildman–Crippen MR) is 54.2 cm³/mol. The van der Waals surface area contributed by atoms with Crippen LogP contribution < -0.4 is 11.3 Å². The Labute approximate surface area is 83.5 Å². The minimum Gasteiger partial charge on any atom is -0.294 e. The maximum absolute atomic E-state index is 11.1. The number of hydrogen-bond donors (Lipinski definition) is 2. The highest BCUT2D eigenvalue weighted by Crippen LogP contribution is 2.07. The number of pyridine rings is 1. The van der Waals surface area contributed by atoms with Crippen LogP contribution in [0, 0.1) is 12.8 Å². The fourth-order valence-electron chi connectivity index (χ4n) is 1.21. The van der Waals surface area contributed by atoms with E-state index in [1.54, 1.807) is 6.20 Å². The maximum atomic E-state index is 11.1. The molecule has 0 saturated carbocycles. The van der Waals surface area contributed by atoms with Crippen LogP contribution in [-0.2, 0) is 11.2 Å². The molecule has 3 N–H and O–H groups in total. The van der Waals surface area contributed by atoms with Crippen LogP contribution in [0.2, 0.25) is 0 Å². The molecular formula is C10H15N3O. The van der Waals surface area contributed by atoms with E-state index in [0.29, 0.717) is 6.42 Å². The number of aromatic nitrogens is 1. The third-order valence-corrected chi connectivity index (χ3v) is 2.10. The highest BCUT2D eigenvalue weighted by atomic mass is 16.2. The molecule has 76 valence electrons. The number of carbonyl (C=O) groups excluding carboxylic acids is 1. The van der Waals surface area contributed by atoms with E-state index >= 15 is 0 Å². The molecule has 0 saturated heterocycles. The van der Waals surface area contributed by atoms with Gasteiger partial charge in [-0.05, 0) is 25.0 Å². The molecule has 0 radical (unpaired) electrons. The highest BCUT2D eigenvalue weighted by Gasteiger charge is 2.11. The van der Waals surface area contributed by atoms with Crippen molar-refractivity contribution in [3.63, 3.8) is 0 Å². The molecule has 0 aliphatic heterocycles. The first-order valence-corrected chi connectivity index (χ1v) is 4.55. The van der Waals surface area contributed by atoms with Crippen molar-refractivity contribution in [2.45, 2.75) is 20.3 Å². The lowest BCUT2D eigenvalue weighted by Gasteiger charge is -2.08. The van der Waals surface area contributed by atoms with E-state index in [4.69, 9.17) is 5.84 Å². The van der Waals surface area contributed by atoms with Crippen molar-refractivity contribution in [3.05, 3.63) is 29.6 Å². The molecule has 1 atom stereocenters. The molecule has 0 fully saturated rings. The summed E-state index contributed by atoms with van der Waals surface area (Å²) >= 11 is 0. The van der Waals surface area contributed by atoms with Gasteiger partial charge in [-0.1, -0.05) is 13.0 Å². The van der Waals surface area contributed by atoms with Crippen molar-refractivity contribution in [1.29, 1.82) is 0 Å². The van der Waals surface area contributed by atoms with Gasteiger partial charge in [0.1, 0.15) is 0 Å². The molecule has 1 rings (SSSR count). The second kappa shape index (κ2) is 4.72. The van der Waals surface area contributed by atoms with Crippen LogP contribution in [0.15, 0.2) is 18.3 Å². The van der Waals surface area contributed by atoms with Crippen molar-refractivity contribution < 1.29 is 4.79 Å². The number of carbonyl (C=O) groups is 1. The number of nitrogens with zero attached hydrogens (tertiary/aromatic N) is 1. The van der Waals surface area contributed by atoms with Crippen LogP contribution in [0.4, 0.5) is 0 Å². The third kappa shape index (κ3) is 2.81. The van der Waals surface area contributed by atoms with E-state index < -0.39 is 0 Å². The first-order valence-electron chi connectivity index (χ1n) is 4.55. The number of rotatable bonds is 3. The minimum absolute atomic E-state index is 0.121. The molecule has 0 spiro atoms. The molecule has 1 amide bonds. The van der Waals surface area contributed by atoms with Gasteiger partial charge in [0.05, 0.1) is 0 Å². The van der Waals surface area contributed by atoms with Crippen molar-refractivity contribution in [2.75, 3.05) is 0 Å². The number of hydrazine groups is 1. The smallest absolute Gasteiger partial charge is 0.237 e. The first-order chi connectivity index (χ1) is 6.63. The van der Waals surface area contributed by atoms with E-state index in [-0.39, 0.29) is 11.8 Å². The fraction of sp³-hybridized carbons (Fsp3) is 0.400. The van der Waals surface area contributed by atoms with E-state index in [9.17, 15) is 4.79 Å². The summed E-state index contributed by atoms with van der Waals surface area (Å²) in [5.41, 5.74) is 4.16.